The monoisotopic (exact) mass is 522 g/mol. The lowest BCUT2D eigenvalue weighted by Gasteiger charge is -2.54. The Hall–Kier alpha value is -2.26. The molecule has 0 aliphatic heterocycles. The summed E-state index contributed by atoms with van der Waals surface area (Å²) >= 11 is 0. The highest BCUT2D eigenvalue weighted by Crippen LogP contribution is 2.62. The minimum atomic E-state index is -0.508. The van der Waals surface area contributed by atoms with Crippen molar-refractivity contribution in [2.45, 2.75) is 51.9 Å². The molecule has 4 aromatic rings. The summed E-state index contributed by atoms with van der Waals surface area (Å²) in [7, 11) is -1.00. The summed E-state index contributed by atoms with van der Waals surface area (Å²) in [6.07, 6.45) is 2.57. The molecule has 3 unspecified atom stereocenters. The van der Waals surface area contributed by atoms with E-state index in [9.17, 15) is 0 Å². The van der Waals surface area contributed by atoms with E-state index in [4.69, 9.17) is 0 Å². The van der Waals surface area contributed by atoms with Gasteiger partial charge in [-0.1, -0.05) is 149 Å². The Morgan fingerprint density at radius 3 is 1.22 bits per heavy atom. The van der Waals surface area contributed by atoms with Crippen molar-refractivity contribution in [3.63, 3.8) is 0 Å². The van der Waals surface area contributed by atoms with Gasteiger partial charge < -0.3 is 0 Å². The average molecular weight is 523 g/mol. The molecule has 0 aromatic heterocycles. The molecule has 0 amide bonds. The molecular weight excluding hydrogens is 482 g/mol. The first-order chi connectivity index (χ1) is 18.0. The van der Waals surface area contributed by atoms with Crippen LogP contribution in [0.5, 0.6) is 0 Å². The normalized spacial score (nSPS) is 24.0. The van der Waals surface area contributed by atoms with Crippen molar-refractivity contribution >= 4 is 37.1 Å². The number of rotatable bonds is 7. The molecule has 1 aliphatic carbocycles. The van der Waals surface area contributed by atoms with Gasteiger partial charge in [-0.05, 0) is 78.5 Å². The molecule has 0 saturated heterocycles. The maximum Gasteiger partial charge on any atom is -0.00496 e. The second-order valence-corrected chi connectivity index (χ2v) is 16.1. The number of hydrogen-bond acceptors (Lipinski definition) is 0. The van der Waals surface area contributed by atoms with E-state index in [0.717, 1.165) is 0 Å². The fourth-order valence-corrected chi connectivity index (χ4v) is 13.3. The third-order valence-electron chi connectivity index (χ3n) is 8.93. The van der Waals surface area contributed by atoms with Crippen molar-refractivity contribution in [3.05, 3.63) is 121 Å². The topological polar surface area (TPSA) is 0 Å². The Morgan fingerprint density at radius 1 is 0.568 bits per heavy atom. The van der Waals surface area contributed by atoms with Crippen molar-refractivity contribution in [1.29, 1.82) is 0 Å². The first kappa shape index (κ1) is 26.4. The largest absolute Gasteiger partial charge is 0.0622 e. The van der Waals surface area contributed by atoms with E-state index >= 15 is 0 Å². The predicted molar refractivity (Wildman–Crippen MR) is 167 cm³/mol. The summed E-state index contributed by atoms with van der Waals surface area (Å²) in [4.78, 5) is 0. The van der Waals surface area contributed by atoms with Crippen LogP contribution in [-0.4, -0.2) is 11.3 Å². The number of benzene rings is 4. The summed E-state index contributed by atoms with van der Waals surface area (Å²) in [5.41, 5.74) is 1.59. The van der Waals surface area contributed by atoms with Crippen LogP contribution in [0.25, 0.3) is 0 Å². The second-order valence-electron chi connectivity index (χ2n) is 11.2. The van der Waals surface area contributed by atoms with Crippen molar-refractivity contribution in [3.8, 4) is 0 Å². The van der Waals surface area contributed by atoms with Gasteiger partial charge >= 0.3 is 0 Å². The molecule has 0 spiro atoms. The fourth-order valence-electron chi connectivity index (χ4n) is 6.34. The molecule has 4 aromatic carbocycles. The van der Waals surface area contributed by atoms with Crippen LogP contribution in [0.4, 0.5) is 0 Å². The zero-order chi connectivity index (χ0) is 25.8. The zero-order valence-electron chi connectivity index (χ0n) is 22.7. The van der Waals surface area contributed by atoms with E-state index in [0.29, 0.717) is 28.6 Å². The van der Waals surface area contributed by atoms with Gasteiger partial charge in [-0.3, -0.25) is 0 Å². The lowest BCUT2D eigenvalue weighted by atomic mass is 9.62. The van der Waals surface area contributed by atoms with Crippen molar-refractivity contribution in [1.82, 2.24) is 0 Å². The minimum absolute atomic E-state index is 0.333. The molecule has 1 saturated carbocycles. The van der Waals surface area contributed by atoms with Gasteiger partial charge in [-0.2, -0.15) is 0 Å². The predicted octanol–water partition coefficient (Wildman–Crippen LogP) is 8.08. The highest BCUT2D eigenvalue weighted by Gasteiger charge is 2.49. The van der Waals surface area contributed by atoms with E-state index in [-0.39, 0.29) is 0 Å². The van der Waals surface area contributed by atoms with Gasteiger partial charge in [-0.25, -0.2) is 0 Å². The van der Waals surface area contributed by atoms with Gasteiger partial charge in [0.25, 0.3) is 0 Å². The van der Waals surface area contributed by atoms with E-state index in [1.807, 2.05) is 0 Å². The van der Waals surface area contributed by atoms with E-state index in [2.05, 4.69) is 149 Å². The highest BCUT2D eigenvalue weighted by atomic mass is 31.1. The lowest BCUT2D eigenvalue weighted by Crippen LogP contribution is -2.48. The first-order valence-electron chi connectivity index (χ1n) is 13.8. The molecule has 37 heavy (non-hydrogen) atoms. The molecule has 1 aliphatic rings. The SMILES string of the molecule is CC(C)[C@@]1(C)CC(P(c2ccccc2)c2ccccc2)C(P(c2ccccc2)c2ccccc2)CC1C. The minimum Gasteiger partial charge on any atom is -0.0622 e. The van der Waals surface area contributed by atoms with Crippen molar-refractivity contribution in [2.24, 2.45) is 17.3 Å². The van der Waals surface area contributed by atoms with Crippen LogP contribution >= 0.6 is 15.8 Å². The van der Waals surface area contributed by atoms with Crippen LogP contribution in [0.1, 0.15) is 40.5 Å². The molecular formula is C35H40P2. The Morgan fingerprint density at radius 2 is 0.892 bits per heavy atom. The molecule has 0 nitrogen and oxygen atoms in total. The van der Waals surface area contributed by atoms with Crippen LogP contribution in [0, 0.1) is 17.3 Å². The van der Waals surface area contributed by atoms with Crippen LogP contribution in [0.15, 0.2) is 121 Å². The van der Waals surface area contributed by atoms with Crippen LogP contribution in [-0.2, 0) is 0 Å². The Bertz CT molecular complexity index is 1160. The van der Waals surface area contributed by atoms with Crippen LogP contribution in [0.3, 0.4) is 0 Å². The smallest absolute Gasteiger partial charge is 0.00496 e. The summed E-state index contributed by atoms with van der Waals surface area (Å²) in [5, 5.41) is 6.09. The van der Waals surface area contributed by atoms with Gasteiger partial charge in [-0.15, -0.1) is 0 Å². The molecule has 0 radical (unpaired) electrons. The molecule has 0 bridgehead atoms. The van der Waals surface area contributed by atoms with Gasteiger partial charge in [0.05, 0.1) is 0 Å². The maximum atomic E-state index is 2.59. The quantitative estimate of drug-likeness (QED) is 0.215. The first-order valence-corrected chi connectivity index (χ1v) is 16.6. The molecule has 5 rings (SSSR count). The lowest BCUT2D eigenvalue weighted by molar-refractivity contribution is 0.0777. The third-order valence-corrected chi connectivity index (χ3v) is 15.0. The van der Waals surface area contributed by atoms with Gasteiger partial charge in [0, 0.05) is 0 Å². The zero-order valence-corrected chi connectivity index (χ0v) is 24.5. The van der Waals surface area contributed by atoms with Crippen LogP contribution in [0.2, 0.25) is 0 Å². The van der Waals surface area contributed by atoms with Crippen LogP contribution < -0.4 is 21.2 Å². The molecule has 0 N–H and O–H groups in total. The van der Waals surface area contributed by atoms with E-state index in [1.165, 1.54) is 34.1 Å². The molecule has 0 heterocycles. The highest BCUT2D eigenvalue weighted by molar-refractivity contribution is 7.77. The summed E-state index contributed by atoms with van der Waals surface area (Å²) in [5.74, 6) is 1.35. The summed E-state index contributed by atoms with van der Waals surface area (Å²) < 4.78 is 0. The van der Waals surface area contributed by atoms with Crippen molar-refractivity contribution < 1.29 is 0 Å². The second kappa shape index (κ2) is 11.6. The fraction of sp³-hybridized carbons (Fsp3) is 0.314. The van der Waals surface area contributed by atoms with Crippen molar-refractivity contribution in [2.75, 3.05) is 0 Å². The van der Waals surface area contributed by atoms with Gasteiger partial charge in [0.2, 0.25) is 0 Å². The van der Waals surface area contributed by atoms with E-state index < -0.39 is 15.8 Å². The molecule has 190 valence electrons. The third kappa shape index (κ3) is 5.48. The van der Waals surface area contributed by atoms with Gasteiger partial charge in [0.1, 0.15) is 0 Å². The Kier molecular flexibility index (Phi) is 8.29. The standard InChI is InChI=1S/C35H40P2/c1-27(2)35(4)26-34(37(31-21-13-7-14-22-31)32-23-15-8-16-24-32)33(25-28(35)3)36(29-17-9-5-10-18-29)30-19-11-6-12-20-30/h5-24,27-28,33-34H,25-26H2,1-4H3/t28?,33?,34?,35-/m1/s1. The number of hydrogen-bond donors (Lipinski definition) is 0. The van der Waals surface area contributed by atoms with E-state index in [1.54, 1.807) is 0 Å². The summed E-state index contributed by atoms with van der Waals surface area (Å²) in [6.45, 7) is 10.0. The Labute approximate surface area is 227 Å². The maximum absolute atomic E-state index is 2.59. The average Bonchev–Trinajstić information content (AvgIpc) is 2.94. The summed E-state index contributed by atoms with van der Waals surface area (Å²) in [6, 6.07) is 45.8. The molecule has 1 fully saturated rings. The Balaban J connectivity index is 1.71. The molecule has 4 atom stereocenters. The molecule has 2 heteroatoms. The van der Waals surface area contributed by atoms with Gasteiger partial charge in [0.15, 0.2) is 0 Å².